The van der Waals surface area contributed by atoms with Crippen LogP contribution in [0.1, 0.15) is 13.2 Å². The Kier molecular flexibility index (Phi) is 4.18. The summed E-state index contributed by atoms with van der Waals surface area (Å²) in [4.78, 5) is 39.2. The van der Waals surface area contributed by atoms with Gasteiger partial charge in [-0.05, 0) is 6.92 Å². The fraction of sp³-hybridized carbons (Fsp3) is 0.545. The van der Waals surface area contributed by atoms with Crippen molar-refractivity contribution < 1.29 is 33.1 Å². The number of halogens is 1. The van der Waals surface area contributed by atoms with E-state index in [0.717, 1.165) is 17.8 Å². The first-order chi connectivity index (χ1) is 11.5. The number of aliphatic hydroxyl groups is 1. The van der Waals surface area contributed by atoms with Gasteiger partial charge in [0.25, 0.3) is 5.56 Å². The molecule has 1 saturated heterocycles. The number of H-pyrrole nitrogens is 1. The van der Waals surface area contributed by atoms with E-state index in [9.17, 15) is 14.5 Å². The third-order valence-electron chi connectivity index (χ3n) is 3.83. The average molecular weight is 379 g/mol. The Morgan fingerprint density at radius 2 is 2.28 bits per heavy atom. The maximum absolute atomic E-state index is 15.0. The van der Waals surface area contributed by atoms with Crippen LogP contribution in [0.4, 0.5) is 10.3 Å². The fourth-order valence-corrected chi connectivity index (χ4v) is 2.98. The Bertz CT molecular complexity index is 908. The highest BCUT2D eigenvalue weighted by Crippen LogP contribution is 2.44. The van der Waals surface area contributed by atoms with Crippen molar-refractivity contribution >= 4 is 24.9 Å². The molecule has 0 aliphatic carbocycles. The summed E-state index contributed by atoms with van der Waals surface area (Å²) in [6.07, 6.45) is -3.52. The number of fused-ring (bicyclic) bond motifs is 1. The Morgan fingerprint density at radius 1 is 1.60 bits per heavy atom. The van der Waals surface area contributed by atoms with E-state index in [2.05, 4.69) is 19.5 Å². The highest BCUT2D eigenvalue weighted by molar-refractivity contribution is 7.46. The lowest BCUT2D eigenvalue weighted by molar-refractivity contribution is -0.0560. The number of phosphoric ester groups is 1. The molecule has 6 N–H and O–H groups in total. The van der Waals surface area contributed by atoms with Crippen LogP contribution in [0.3, 0.4) is 0 Å². The molecule has 0 saturated carbocycles. The number of anilines is 1. The van der Waals surface area contributed by atoms with Gasteiger partial charge in [0.1, 0.15) is 12.2 Å². The number of phosphoric acid groups is 1. The quantitative estimate of drug-likeness (QED) is 0.404. The van der Waals surface area contributed by atoms with Gasteiger partial charge < -0.3 is 25.4 Å². The molecule has 14 heteroatoms. The number of nitrogens with one attached hydrogen (secondary N) is 1. The highest BCUT2D eigenvalue weighted by atomic mass is 31.2. The van der Waals surface area contributed by atoms with Crippen LogP contribution in [0, 0.1) is 0 Å². The number of nitrogen functional groups attached to an aromatic ring is 1. The van der Waals surface area contributed by atoms with Crippen LogP contribution in [-0.4, -0.2) is 58.9 Å². The summed E-state index contributed by atoms with van der Waals surface area (Å²) in [5.41, 5.74) is 2.26. The number of aliphatic hydroxyl groups excluding tert-OH is 1. The van der Waals surface area contributed by atoms with Crippen LogP contribution < -0.4 is 11.3 Å². The van der Waals surface area contributed by atoms with Gasteiger partial charge in [0, 0.05) is 0 Å². The van der Waals surface area contributed by atoms with E-state index in [1.54, 1.807) is 0 Å². The molecule has 1 fully saturated rings. The summed E-state index contributed by atoms with van der Waals surface area (Å²) in [6.45, 7) is 0.284. The van der Waals surface area contributed by atoms with E-state index in [0.29, 0.717) is 0 Å². The van der Waals surface area contributed by atoms with Crippen LogP contribution in [-0.2, 0) is 13.8 Å². The van der Waals surface area contributed by atoms with Gasteiger partial charge in [0.05, 0.1) is 12.9 Å². The van der Waals surface area contributed by atoms with Gasteiger partial charge in [-0.3, -0.25) is 18.9 Å². The Labute approximate surface area is 138 Å². The SMILES string of the molecule is CC1(F)C(O)C(COP(=O)(O)O)O[C@H]1n1cnc2c(=O)[nH]c(N)nc21. The third kappa shape index (κ3) is 3.17. The van der Waals surface area contributed by atoms with Gasteiger partial charge in [-0.15, -0.1) is 0 Å². The number of aromatic nitrogens is 4. The van der Waals surface area contributed by atoms with Gasteiger partial charge >= 0.3 is 7.82 Å². The summed E-state index contributed by atoms with van der Waals surface area (Å²) < 4.78 is 36.5. The van der Waals surface area contributed by atoms with Gasteiger partial charge in [-0.2, -0.15) is 4.98 Å². The molecule has 1 aliphatic rings. The van der Waals surface area contributed by atoms with Crippen molar-refractivity contribution in [3.05, 3.63) is 16.7 Å². The molecule has 0 spiro atoms. The van der Waals surface area contributed by atoms with E-state index in [-0.39, 0.29) is 17.1 Å². The number of hydrogen-bond acceptors (Lipinski definition) is 8. The molecule has 3 heterocycles. The minimum absolute atomic E-state index is 0.0705. The van der Waals surface area contributed by atoms with Crippen LogP contribution in [0.15, 0.2) is 11.1 Å². The minimum atomic E-state index is -4.83. The minimum Gasteiger partial charge on any atom is -0.387 e. The van der Waals surface area contributed by atoms with Crippen LogP contribution in [0.2, 0.25) is 0 Å². The van der Waals surface area contributed by atoms with E-state index in [4.69, 9.17) is 20.3 Å². The summed E-state index contributed by atoms with van der Waals surface area (Å²) in [5.74, 6) is -0.222. The summed E-state index contributed by atoms with van der Waals surface area (Å²) >= 11 is 0. The smallest absolute Gasteiger partial charge is 0.387 e. The Morgan fingerprint density at radius 3 is 2.92 bits per heavy atom. The predicted molar refractivity (Wildman–Crippen MR) is 80.0 cm³/mol. The second-order valence-electron chi connectivity index (χ2n) is 5.68. The van der Waals surface area contributed by atoms with Crippen molar-refractivity contribution in [1.82, 2.24) is 19.5 Å². The van der Waals surface area contributed by atoms with Crippen molar-refractivity contribution in [3.63, 3.8) is 0 Å². The Balaban J connectivity index is 1.97. The molecule has 4 atom stereocenters. The van der Waals surface area contributed by atoms with Crippen molar-refractivity contribution in [2.45, 2.75) is 31.0 Å². The number of nitrogens with two attached hydrogens (primary N) is 1. The zero-order valence-corrected chi connectivity index (χ0v) is 13.6. The molecule has 0 bridgehead atoms. The van der Waals surface area contributed by atoms with Gasteiger partial charge in [-0.25, -0.2) is 13.9 Å². The fourth-order valence-electron chi connectivity index (χ4n) is 2.64. The molecule has 138 valence electrons. The lowest BCUT2D eigenvalue weighted by atomic mass is 9.98. The first kappa shape index (κ1) is 17.9. The van der Waals surface area contributed by atoms with E-state index >= 15 is 4.39 Å². The molecule has 25 heavy (non-hydrogen) atoms. The Hall–Kier alpha value is -1.89. The summed E-state index contributed by atoms with van der Waals surface area (Å²) in [5, 5.41) is 10.1. The molecule has 0 radical (unpaired) electrons. The maximum Gasteiger partial charge on any atom is 0.469 e. The van der Waals surface area contributed by atoms with Gasteiger partial charge in [0.15, 0.2) is 23.1 Å². The molecule has 12 nitrogen and oxygen atoms in total. The van der Waals surface area contributed by atoms with E-state index < -0.39 is 44.1 Å². The van der Waals surface area contributed by atoms with Crippen LogP contribution in [0.25, 0.3) is 11.2 Å². The standard InChI is InChI=1S/C11H15FN5O7P/c1-11(12)6(18)4(2-23-25(20,21)22)24-9(11)17-3-14-5-7(17)15-10(13)16-8(5)19/h3-4,6,9,18H,2H2,1H3,(H2,20,21,22)(H3,13,15,16,19)/t4?,6?,9-,11?/m1/s1. The van der Waals surface area contributed by atoms with Crippen molar-refractivity contribution in [1.29, 1.82) is 0 Å². The lowest BCUT2D eigenvalue weighted by Gasteiger charge is -2.24. The first-order valence-electron chi connectivity index (χ1n) is 6.95. The summed E-state index contributed by atoms with van der Waals surface area (Å²) in [6, 6.07) is 0. The maximum atomic E-state index is 15.0. The first-order valence-corrected chi connectivity index (χ1v) is 8.48. The van der Waals surface area contributed by atoms with E-state index in [1.807, 2.05) is 0 Å². The van der Waals surface area contributed by atoms with Gasteiger partial charge in [0.2, 0.25) is 5.95 Å². The highest BCUT2D eigenvalue weighted by Gasteiger charge is 2.55. The predicted octanol–water partition coefficient (Wildman–Crippen LogP) is -1.20. The van der Waals surface area contributed by atoms with Crippen molar-refractivity contribution in [2.75, 3.05) is 12.3 Å². The third-order valence-corrected chi connectivity index (χ3v) is 4.31. The van der Waals surface area contributed by atoms with Crippen LogP contribution >= 0.6 is 7.82 Å². The zero-order valence-electron chi connectivity index (χ0n) is 12.7. The number of aromatic amines is 1. The van der Waals surface area contributed by atoms with Crippen LogP contribution in [0.5, 0.6) is 0 Å². The molecular formula is C11H15FN5O7P. The lowest BCUT2D eigenvalue weighted by Crippen LogP contribution is -2.40. The second-order valence-corrected chi connectivity index (χ2v) is 6.92. The molecule has 0 aromatic carbocycles. The van der Waals surface area contributed by atoms with E-state index in [1.165, 1.54) is 0 Å². The topological polar surface area (TPSA) is 186 Å². The largest absolute Gasteiger partial charge is 0.469 e. The molecule has 2 aromatic rings. The normalized spacial score (nSPS) is 30.2. The molecular weight excluding hydrogens is 364 g/mol. The zero-order chi connectivity index (χ0) is 18.6. The molecule has 0 amide bonds. The number of hydrogen-bond donors (Lipinski definition) is 5. The van der Waals surface area contributed by atoms with Crippen molar-refractivity contribution in [3.8, 4) is 0 Å². The number of alkyl halides is 1. The molecule has 3 rings (SSSR count). The number of ether oxygens (including phenoxy) is 1. The number of imidazole rings is 1. The van der Waals surface area contributed by atoms with Crippen molar-refractivity contribution in [2.24, 2.45) is 0 Å². The van der Waals surface area contributed by atoms with Gasteiger partial charge in [-0.1, -0.05) is 0 Å². The number of nitrogens with zero attached hydrogens (tertiary/aromatic N) is 3. The molecule has 1 aliphatic heterocycles. The monoisotopic (exact) mass is 379 g/mol. The second kappa shape index (κ2) is 5.83. The average Bonchev–Trinajstić information content (AvgIpc) is 2.97. The number of rotatable bonds is 4. The summed E-state index contributed by atoms with van der Waals surface area (Å²) in [7, 11) is -4.83. The molecule has 3 unspecified atom stereocenters. The molecule has 2 aromatic heterocycles.